The molecular formula is C18H41AlZn. The van der Waals surface area contributed by atoms with Crippen LogP contribution < -0.4 is 0 Å². The van der Waals surface area contributed by atoms with Gasteiger partial charge in [-0.3, -0.25) is 0 Å². The van der Waals surface area contributed by atoms with Gasteiger partial charge in [0, 0.05) is 0 Å². The molecule has 0 saturated carbocycles. The Balaban J connectivity index is -0.0000000941. The third-order valence-corrected chi connectivity index (χ3v) is 6.90. The van der Waals surface area contributed by atoms with Crippen LogP contribution in [-0.4, -0.2) is 14.1 Å². The van der Waals surface area contributed by atoms with Gasteiger partial charge in [-0.1, -0.05) is 89.0 Å². The first-order valence-electron chi connectivity index (χ1n) is 8.76. The molecule has 2 heteroatoms. The van der Waals surface area contributed by atoms with E-state index in [4.69, 9.17) is 0 Å². The molecule has 0 N–H and O–H groups in total. The molecule has 0 spiro atoms. The summed E-state index contributed by atoms with van der Waals surface area (Å²) in [6.07, 6.45) is 10.1. The van der Waals surface area contributed by atoms with Gasteiger partial charge in [0.1, 0.15) is 0 Å². The van der Waals surface area contributed by atoms with E-state index in [-0.39, 0.29) is 33.6 Å². The van der Waals surface area contributed by atoms with Crippen LogP contribution in [0, 0.1) is 13.8 Å². The Morgan fingerprint density at radius 2 is 0.900 bits per heavy atom. The SMILES string of the molecule is C[CH2][Al]([CH2]C)[CH2]C.[CH2-]CCCCC.[CH2-]CCCCC.[Zn+2]. The van der Waals surface area contributed by atoms with Crippen LogP contribution in [-0.2, 0) is 19.5 Å². The van der Waals surface area contributed by atoms with Gasteiger partial charge in [0.05, 0.1) is 0 Å². The molecule has 0 heterocycles. The van der Waals surface area contributed by atoms with E-state index in [2.05, 4.69) is 48.5 Å². The molecule has 0 aliphatic heterocycles. The zero-order chi connectivity index (χ0) is 15.4. The van der Waals surface area contributed by atoms with Crippen LogP contribution in [0.3, 0.4) is 0 Å². The molecule has 20 heavy (non-hydrogen) atoms. The average molecular weight is 350 g/mol. The van der Waals surface area contributed by atoms with Crippen LogP contribution in [0.4, 0.5) is 0 Å². The van der Waals surface area contributed by atoms with E-state index in [1.807, 2.05) is 0 Å². The van der Waals surface area contributed by atoms with Crippen molar-refractivity contribution >= 4 is 14.1 Å². The van der Waals surface area contributed by atoms with Crippen LogP contribution in [0.15, 0.2) is 0 Å². The minimum Gasteiger partial charge on any atom is -0.343 e. The molecule has 0 aromatic heterocycles. The summed E-state index contributed by atoms with van der Waals surface area (Å²) in [5.41, 5.74) is 0. The van der Waals surface area contributed by atoms with E-state index in [1.54, 1.807) is 0 Å². The summed E-state index contributed by atoms with van der Waals surface area (Å²) >= 11 is -0.171. The first-order valence-corrected chi connectivity index (χ1v) is 11.2. The van der Waals surface area contributed by atoms with Gasteiger partial charge in [-0.2, -0.15) is 12.8 Å². The fourth-order valence-corrected chi connectivity index (χ4v) is 3.45. The summed E-state index contributed by atoms with van der Waals surface area (Å²) in [7, 11) is 0. The van der Waals surface area contributed by atoms with E-state index < -0.39 is 0 Å². The van der Waals surface area contributed by atoms with Crippen molar-refractivity contribution in [3.63, 3.8) is 0 Å². The van der Waals surface area contributed by atoms with E-state index in [9.17, 15) is 0 Å². The number of hydrogen-bond donors (Lipinski definition) is 0. The minimum atomic E-state index is -0.171. The van der Waals surface area contributed by atoms with E-state index in [1.165, 1.54) is 54.4 Å². The Hall–Kier alpha value is 1.16. The summed E-state index contributed by atoms with van der Waals surface area (Å²) in [5.74, 6) is 0. The predicted molar refractivity (Wildman–Crippen MR) is 96.2 cm³/mol. The second-order valence-corrected chi connectivity index (χ2v) is 9.39. The molecule has 0 aliphatic rings. The van der Waals surface area contributed by atoms with Crippen molar-refractivity contribution < 1.29 is 19.5 Å². The molecule has 0 aromatic rings. The predicted octanol–water partition coefficient (Wildman–Crippen LogP) is 7.34. The van der Waals surface area contributed by atoms with Crippen molar-refractivity contribution in [2.45, 2.75) is 102 Å². The van der Waals surface area contributed by atoms with Gasteiger partial charge in [0.2, 0.25) is 0 Å². The molecule has 0 aromatic carbocycles. The quantitative estimate of drug-likeness (QED) is 0.232. The fourth-order valence-electron chi connectivity index (χ4n) is 1.72. The standard InChI is InChI=1S/2C6H13.3C2H5.Al.Zn/c2*1-3-5-6-4-2;3*1-2;;/h2*1,3-6H2,2H3;3*1H2,2H3;;/q2*-1;;;;;+2. The number of hydrogen-bond acceptors (Lipinski definition) is 0. The summed E-state index contributed by atoms with van der Waals surface area (Å²) in [4.78, 5) is 0. The largest absolute Gasteiger partial charge is 2.00 e. The van der Waals surface area contributed by atoms with Gasteiger partial charge in [-0.05, 0) is 0 Å². The Labute approximate surface area is 149 Å². The molecule has 0 fully saturated rings. The van der Waals surface area contributed by atoms with Crippen LogP contribution in [0.2, 0.25) is 15.8 Å². The molecule has 0 rings (SSSR count). The third kappa shape index (κ3) is 36.5. The molecule has 0 bridgehead atoms. The van der Waals surface area contributed by atoms with Gasteiger partial charge in [0.25, 0.3) is 14.1 Å². The second kappa shape index (κ2) is 32.2. The summed E-state index contributed by atoms with van der Waals surface area (Å²) in [5, 5.41) is 4.48. The Kier molecular flexibility index (Phi) is 47.0. The van der Waals surface area contributed by atoms with Gasteiger partial charge < -0.3 is 13.8 Å². The third-order valence-electron chi connectivity index (χ3n) is 3.44. The molecule has 0 amide bonds. The zero-order valence-electron chi connectivity index (χ0n) is 15.5. The van der Waals surface area contributed by atoms with Crippen LogP contribution in [0.5, 0.6) is 0 Å². The second-order valence-electron chi connectivity index (χ2n) is 5.21. The molecule has 0 atom stereocenters. The first kappa shape index (κ1) is 29.2. The molecule has 118 valence electrons. The topological polar surface area (TPSA) is 0 Å². The van der Waals surface area contributed by atoms with Crippen LogP contribution >= 0.6 is 0 Å². The molecule has 0 radical (unpaired) electrons. The van der Waals surface area contributed by atoms with Crippen LogP contribution in [0.25, 0.3) is 0 Å². The van der Waals surface area contributed by atoms with Crippen LogP contribution in [0.1, 0.15) is 86.0 Å². The molecular weight excluding hydrogens is 309 g/mol. The summed E-state index contributed by atoms with van der Waals surface area (Å²) < 4.78 is 0. The summed E-state index contributed by atoms with van der Waals surface area (Å²) in [6, 6.07) is 0. The molecule has 0 unspecified atom stereocenters. The van der Waals surface area contributed by atoms with Crippen molar-refractivity contribution in [2.24, 2.45) is 0 Å². The smallest absolute Gasteiger partial charge is 0.343 e. The average Bonchev–Trinajstić information content (AvgIpc) is 2.46. The monoisotopic (exact) mass is 348 g/mol. The van der Waals surface area contributed by atoms with E-state index in [0.29, 0.717) is 0 Å². The van der Waals surface area contributed by atoms with Crippen molar-refractivity contribution in [2.75, 3.05) is 0 Å². The van der Waals surface area contributed by atoms with Crippen molar-refractivity contribution in [1.29, 1.82) is 0 Å². The zero-order valence-corrected chi connectivity index (χ0v) is 19.6. The fraction of sp³-hybridized carbons (Fsp3) is 0.889. The van der Waals surface area contributed by atoms with Gasteiger partial charge in [-0.25, -0.2) is 0 Å². The Morgan fingerprint density at radius 1 is 0.600 bits per heavy atom. The maximum absolute atomic E-state index is 3.72. The molecule has 0 nitrogen and oxygen atoms in total. The van der Waals surface area contributed by atoms with Crippen molar-refractivity contribution in [3.8, 4) is 0 Å². The van der Waals surface area contributed by atoms with E-state index in [0.717, 1.165) is 12.8 Å². The van der Waals surface area contributed by atoms with Gasteiger partial charge >= 0.3 is 19.5 Å². The van der Waals surface area contributed by atoms with Gasteiger partial charge in [0.15, 0.2) is 0 Å². The maximum atomic E-state index is 3.72. The molecule has 0 saturated heterocycles. The Bertz CT molecular complexity index is 92.5. The number of unbranched alkanes of at least 4 members (excludes halogenated alkanes) is 6. The molecule has 0 aliphatic carbocycles. The van der Waals surface area contributed by atoms with Gasteiger partial charge in [-0.15, -0.1) is 0 Å². The maximum Gasteiger partial charge on any atom is 2.00 e. The Morgan fingerprint density at radius 3 is 0.950 bits per heavy atom. The van der Waals surface area contributed by atoms with E-state index >= 15 is 0 Å². The summed E-state index contributed by atoms with van der Waals surface area (Å²) in [6.45, 7) is 18.8. The normalized spacial score (nSPS) is 8.55. The van der Waals surface area contributed by atoms with Crippen molar-refractivity contribution in [1.82, 2.24) is 0 Å². The van der Waals surface area contributed by atoms with Crippen molar-refractivity contribution in [3.05, 3.63) is 13.8 Å². The minimum absolute atomic E-state index is 0. The first-order chi connectivity index (χ1) is 9.17. The number of rotatable bonds is 9.